The fraction of sp³-hybridized carbons (Fsp3) is 0.308. The Bertz CT molecular complexity index is 2380. The predicted octanol–water partition coefficient (Wildman–Crippen LogP) is 16.0. The quantitative estimate of drug-likeness (QED) is 0.127. The molecule has 6 aromatic rings. The molecule has 0 nitrogen and oxygen atoms in total. The first-order valence-corrected chi connectivity index (χ1v) is 37.8. The number of fused-ring (bicyclic) bond motifs is 4. The Labute approximate surface area is 342 Å². The van der Waals surface area contributed by atoms with Crippen LogP contribution >= 0.6 is 17.0 Å². The van der Waals surface area contributed by atoms with Crippen LogP contribution in [0.25, 0.3) is 56.0 Å². The van der Waals surface area contributed by atoms with Crippen LogP contribution in [0.15, 0.2) is 132 Å². The van der Waals surface area contributed by atoms with Crippen LogP contribution in [0.2, 0.25) is 13.1 Å². The molecular weight excluding hydrogens is 815 g/mol. The molecule has 10 rings (SSSR count). The minimum atomic E-state index is -4.99. The van der Waals surface area contributed by atoms with E-state index in [1.165, 1.54) is 117 Å². The maximum absolute atomic E-state index is 9.07. The van der Waals surface area contributed by atoms with Gasteiger partial charge in [0.25, 0.3) is 0 Å². The summed E-state index contributed by atoms with van der Waals surface area (Å²) in [5, 5.41) is 5.14. The molecule has 0 radical (unpaired) electrons. The summed E-state index contributed by atoms with van der Waals surface area (Å²) in [5.41, 5.74) is 13.9. The average Bonchev–Trinajstić information content (AvgIpc) is 4.05. The summed E-state index contributed by atoms with van der Waals surface area (Å²) in [6, 6.07) is 45.7. The predicted molar refractivity (Wildman–Crippen MR) is 244 cm³/mol. The van der Waals surface area contributed by atoms with Gasteiger partial charge in [0.05, 0.1) is 0 Å². The second-order valence-electron chi connectivity index (χ2n) is 18.1. The van der Waals surface area contributed by atoms with Gasteiger partial charge in [0.2, 0.25) is 0 Å². The van der Waals surface area contributed by atoms with Crippen LogP contribution in [0.4, 0.5) is 0 Å². The molecule has 4 aliphatic rings. The van der Waals surface area contributed by atoms with Crippen molar-refractivity contribution in [1.29, 1.82) is 0 Å². The molecule has 2 fully saturated rings. The molecule has 0 heterocycles. The Morgan fingerprint density at radius 2 is 0.911 bits per heavy atom. The van der Waals surface area contributed by atoms with Crippen molar-refractivity contribution >= 4 is 56.6 Å². The van der Waals surface area contributed by atoms with Gasteiger partial charge in [-0.25, -0.2) is 0 Å². The van der Waals surface area contributed by atoms with Gasteiger partial charge < -0.3 is 0 Å². The van der Waals surface area contributed by atoms with Crippen molar-refractivity contribution in [3.05, 3.63) is 155 Å². The van der Waals surface area contributed by atoms with Crippen LogP contribution in [0.1, 0.15) is 93.7 Å². The van der Waals surface area contributed by atoms with Crippen molar-refractivity contribution in [3.8, 4) is 22.3 Å². The van der Waals surface area contributed by atoms with Gasteiger partial charge in [-0.15, -0.1) is 0 Å². The van der Waals surface area contributed by atoms with E-state index in [-0.39, 0.29) is 7.25 Å². The molecule has 2 unspecified atom stereocenters. The van der Waals surface area contributed by atoms with Crippen molar-refractivity contribution in [2.24, 2.45) is 11.8 Å². The third kappa shape index (κ3) is 6.24. The van der Waals surface area contributed by atoms with Gasteiger partial charge >= 0.3 is 346 Å². The van der Waals surface area contributed by atoms with Crippen LogP contribution in [0, 0.1) is 11.8 Å². The van der Waals surface area contributed by atoms with Crippen LogP contribution in [-0.4, -0.2) is 5.92 Å². The van der Waals surface area contributed by atoms with Gasteiger partial charge in [-0.2, -0.15) is 0 Å². The third-order valence-corrected chi connectivity index (χ3v) is 66.5. The molecule has 2 saturated carbocycles. The Kier molecular flexibility index (Phi) is 9.77. The summed E-state index contributed by atoms with van der Waals surface area (Å²) in [7, 11) is 18.1. The molecule has 0 aliphatic heterocycles. The summed E-state index contributed by atoms with van der Waals surface area (Å²) in [5.74, 6) is -0.268. The number of hydrogen-bond donors (Lipinski definition) is 0. The molecule has 4 heteroatoms. The average molecular weight is 868 g/mol. The second-order valence-corrected chi connectivity index (χ2v) is 60.6. The second kappa shape index (κ2) is 14.7. The Morgan fingerprint density at radius 3 is 1.32 bits per heavy atom. The number of hydrogen-bond acceptors (Lipinski definition) is 0. The molecule has 0 spiro atoms. The van der Waals surface area contributed by atoms with E-state index in [0.717, 1.165) is 12.8 Å². The van der Waals surface area contributed by atoms with Crippen LogP contribution in [0.5, 0.6) is 0 Å². The van der Waals surface area contributed by atoms with Gasteiger partial charge in [0, 0.05) is 0 Å². The summed E-state index contributed by atoms with van der Waals surface area (Å²) in [6.45, 7) is 5.06. The molecule has 56 heavy (non-hydrogen) atoms. The number of benzene rings is 6. The van der Waals surface area contributed by atoms with Crippen molar-refractivity contribution in [1.82, 2.24) is 0 Å². The molecule has 0 aromatic heterocycles. The molecule has 0 saturated heterocycles. The molecule has 283 valence electrons. The fourth-order valence-electron chi connectivity index (χ4n) is 11.7. The van der Waals surface area contributed by atoms with Crippen molar-refractivity contribution < 1.29 is 15.6 Å². The summed E-state index contributed by atoms with van der Waals surface area (Å²) in [6.07, 6.45) is 18.1. The molecule has 0 amide bonds. The molecule has 0 N–H and O–H groups in total. The molecule has 0 bridgehead atoms. The fourth-order valence-corrected chi connectivity index (χ4v) is 43.1. The first-order valence-electron chi connectivity index (χ1n) is 21.5. The van der Waals surface area contributed by atoms with Crippen molar-refractivity contribution in [2.75, 3.05) is 0 Å². The van der Waals surface area contributed by atoms with E-state index in [4.69, 9.17) is 17.0 Å². The minimum absolute atomic E-state index is 0.120. The van der Waals surface area contributed by atoms with E-state index in [9.17, 15) is 0 Å². The zero-order chi connectivity index (χ0) is 38.0. The normalized spacial score (nSPS) is 20.7. The molecule has 4 aliphatic carbocycles. The topological polar surface area (TPSA) is 0 Å². The van der Waals surface area contributed by atoms with Gasteiger partial charge in [-0.3, -0.25) is 0 Å². The summed E-state index contributed by atoms with van der Waals surface area (Å²) >= 11 is -4.99. The standard InChI is InChI=1S/2C25H23.C2H7Si.2ClH.Zr/c2*1-2-7-18(6-1)14-19-15-22-10-5-11-24(25(22)16-19)23-13-12-20-8-3-4-9-21(20)17-23;1-3-2;;;/h2*3-5,8-13,15-18H,1-2,6-7,14H2;3H,1-2H3;2*1H;/q;;;;;+2/p-2. The molecule has 6 aromatic carbocycles. The van der Waals surface area contributed by atoms with E-state index < -0.39 is 21.5 Å². The van der Waals surface area contributed by atoms with Crippen LogP contribution in [0.3, 0.4) is 0 Å². The van der Waals surface area contributed by atoms with E-state index in [2.05, 4.69) is 147 Å². The third-order valence-electron chi connectivity index (χ3n) is 14.6. The SMILES string of the molecule is C[SiH](C)[Zr]([Cl])([Cl])([CH]1C(CC2CCCC2)=Cc2c(-c3ccc4ccccc4c3)cccc21)[CH]1C(CC2CCCC2)=Cc2c(-c3ccc4ccccc4c3)cccc21. The van der Waals surface area contributed by atoms with E-state index in [0.29, 0.717) is 11.8 Å². The van der Waals surface area contributed by atoms with Gasteiger partial charge in [-0.05, 0) is 0 Å². The number of halogens is 2. The first kappa shape index (κ1) is 37.3. The molecular formula is C52H53Cl2SiZr. The Morgan fingerprint density at radius 1 is 0.500 bits per heavy atom. The van der Waals surface area contributed by atoms with Gasteiger partial charge in [0.1, 0.15) is 0 Å². The van der Waals surface area contributed by atoms with Crippen molar-refractivity contribution in [3.63, 3.8) is 0 Å². The van der Waals surface area contributed by atoms with Gasteiger partial charge in [0.15, 0.2) is 0 Å². The van der Waals surface area contributed by atoms with Crippen LogP contribution < -0.4 is 0 Å². The van der Waals surface area contributed by atoms with E-state index >= 15 is 0 Å². The summed E-state index contributed by atoms with van der Waals surface area (Å²) in [4.78, 5) is 0. The molecule has 2 atom stereocenters. The maximum atomic E-state index is 9.07. The number of allylic oxidation sites excluding steroid dienone is 2. The Balaban J connectivity index is 1.17. The van der Waals surface area contributed by atoms with Crippen LogP contribution in [-0.2, 0) is 15.6 Å². The van der Waals surface area contributed by atoms with E-state index in [1.54, 1.807) is 11.1 Å². The van der Waals surface area contributed by atoms with E-state index in [1.807, 2.05) is 0 Å². The van der Waals surface area contributed by atoms with Crippen molar-refractivity contribution in [2.45, 2.75) is 84.6 Å². The number of rotatable bonds is 9. The monoisotopic (exact) mass is 865 g/mol. The Hall–Kier alpha value is -3.00. The van der Waals surface area contributed by atoms with Gasteiger partial charge in [-0.1, -0.05) is 0 Å². The first-order chi connectivity index (χ1) is 27.3. The zero-order valence-corrected chi connectivity index (χ0v) is 38.0. The zero-order valence-electron chi connectivity index (χ0n) is 32.9. The summed E-state index contributed by atoms with van der Waals surface area (Å²) < 4.78 is 0.240.